The molecule has 0 saturated carbocycles. The van der Waals surface area contributed by atoms with Gasteiger partial charge in [-0.1, -0.05) is 30.3 Å². The van der Waals surface area contributed by atoms with Gasteiger partial charge in [-0.2, -0.15) is 0 Å². The van der Waals surface area contributed by atoms with Crippen LogP contribution in [0.3, 0.4) is 0 Å². The van der Waals surface area contributed by atoms with Crippen LogP contribution >= 0.6 is 11.3 Å². The molecule has 1 heterocycles. The van der Waals surface area contributed by atoms with Crippen LogP contribution in [0.15, 0.2) is 76.5 Å². The van der Waals surface area contributed by atoms with Gasteiger partial charge in [-0.25, -0.2) is 16.8 Å². The van der Waals surface area contributed by atoms with E-state index in [0.29, 0.717) is 10.0 Å². The fraction of sp³-hybridized carbons (Fsp3) is 0.100. The number of sulfone groups is 1. The normalized spacial score (nSPS) is 12.2. The minimum Gasteiger partial charge on any atom is -0.280 e. The van der Waals surface area contributed by atoms with Crippen LogP contribution in [0.4, 0.5) is 5.69 Å². The Labute approximate surface area is 178 Å². The van der Waals surface area contributed by atoms with E-state index in [1.807, 2.05) is 24.3 Å². The summed E-state index contributed by atoms with van der Waals surface area (Å²) in [7, 11) is -7.42. The van der Waals surface area contributed by atoms with Crippen molar-refractivity contribution in [3.8, 4) is 0 Å². The maximum absolute atomic E-state index is 12.7. The Kier molecular flexibility index (Phi) is 5.31. The highest BCUT2D eigenvalue weighted by Gasteiger charge is 2.19. The number of hydrogen-bond donors (Lipinski definition) is 1. The Bertz CT molecular complexity index is 1430. The fourth-order valence-corrected chi connectivity index (χ4v) is 6.32. The number of rotatable bonds is 6. The fourth-order valence-electron chi connectivity index (χ4n) is 2.92. The molecule has 30 heavy (non-hydrogen) atoms. The molecule has 3 aromatic carbocycles. The topological polar surface area (TPSA) is 106 Å². The first-order chi connectivity index (χ1) is 14.2. The van der Waals surface area contributed by atoms with Gasteiger partial charge in [-0.3, -0.25) is 4.72 Å². The summed E-state index contributed by atoms with van der Waals surface area (Å²) in [6.07, 6.45) is 0. The lowest BCUT2D eigenvalue weighted by molar-refractivity contribution is 0.594. The number of fused-ring (bicyclic) bond motifs is 1. The molecule has 0 radical (unpaired) electrons. The third kappa shape index (κ3) is 4.35. The number of sulfonamides is 1. The summed E-state index contributed by atoms with van der Waals surface area (Å²) in [5.74, 6) is -0.249. The van der Waals surface area contributed by atoms with Crippen molar-refractivity contribution in [1.29, 1.82) is 0 Å². The molecular formula is C20H17N3O4S3. The second kappa shape index (κ2) is 7.78. The number of anilines is 1. The predicted octanol–water partition coefficient (Wildman–Crippen LogP) is 3.77. The van der Waals surface area contributed by atoms with Crippen LogP contribution in [0.5, 0.6) is 0 Å². The quantitative estimate of drug-likeness (QED) is 0.470. The van der Waals surface area contributed by atoms with E-state index in [0.717, 1.165) is 10.8 Å². The Hall–Kier alpha value is -2.82. The van der Waals surface area contributed by atoms with Gasteiger partial charge < -0.3 is 0 Å². The molecule has 0 bridgehead atoms. The van der Waals surface area contributed by atoms with Gasteiger partial charge in [-0.15, -0.1) is 21.5 Å². The highest BCUT2D eigenvalue weighted by molar-refractivity contribution is 7.92. The van der Waals surface area contributed by atoms with Crippen LogP contribution in [0.2, 0.25) is 0 Å². The SMILES string of the molecule is Cc1nnc(CS(=O)(=O)c2ccc(NS(=O)(=O)c3ccc4ccccc4c3)cc2)s1. The zero-order valence-electron chi connectivity index (χ0n) is 15.8. The van der Waals surface area contributed by atoms with Crippen molar-refractivity contribution in [2.75, 3.05) is 4.72 Å². The van der Waals surface area contributed by atoms with Gasteiger partial charge in [0.25, 0.3) is 10.0 Å². The summed E-state index contributed by atoms with van der Waals surface area (Å²) in [6.45, 7) is 1.75. The van der Waals surface area contributed by atoms with Crippen LogP contribution in [0, 0.1) is 6.92 Å². The minimum atomic E-state index is -3.81. The maximum Gasteiger partial charge on any atom is 0.261 e. The zero-order chi connectivity index (χ0) is 21.4. The van der Waals surface area contributed by atoms with Gasteiger partial charge in [0.15, 0.2) is 9.84 Å². The maximum atomic E-state index is 12.7. The molecule has 154 valence electrons. The summed E-state index contributed by atoms with van der Waals surface area (Å²) in [5.41, 5.74) is 0.272. The molecule has 0 aliphatic heterocycles. The van der Waals surface area contributed by atoms with Crippen LogP contribution in [0.1, 0.15) is 10.0 Å². The predicted molar refractivity (Wildman–Crippen MR) is 117 cm³/mol. The molecule has 4 rings (SSSR count). The average molecular weight is 460 g/mol. The van der Waals surface area contributed by atoms with E-state index in [2.05, 4.69) is 14.9 Å². The second-order valence-electron chi connectivity index (χ2n) is 6.61. The largest absolute Gasteiger partial charge is 0.280 e. The van der Waals surface area contributed by atoms with E-state index < -0.39 is 19.9 Å². The third-order valence-electron chi connectivity index (χ3n) is 4.38. The van der Waals surface area contributed by atoms with Gasteiger partial charge in [0.05, 0.1) is 9.79 Å². The molecule has 0 spiro atoms. The van der Waals surface area contributed by atoms with Crippen molar-refractivity contribution in [1.82, 2.24) is 10.2 Å². The Morgan fingerprint density at radius 3 is 2.17 bits per heavy atom. The van der Waals surface area contributed by atoms with Crippen LogP contribution in [0.25, 0.3) is 10.8 Å². The number of benzene rings is 3. The zero-order valence-corrected chi connectivity index (χ0v) is 18.3. The van der Waals surface area contributed by atoms with Crippen LogP contribution in [-0.2, 0) is 25.6 Å². The Morgan fingerprint density at radius 2 is 1.50 bits per heavy atom. The second-order valence-corrected chi connectivity index (χ2v) is 11.6. The monoisotopic (exact) mass is 459 g/mol. The Morgan fingerprint density at radius 1 is 0.833 bits per heavy atom. The molecule has 0 amide bonds. The van der Waals surface area contributed by atoms with Crippen molar-refractivity contribution in [2.24, 2.45) is 0 Å². The van der Waals surface area contributed by atoms with Gasteiger partial charge in [0.2, 0.25) is 0 Å². The van der Waals surface area contributed by atoms with Crippen molar-refractivity contribution in [3.63, 3.8) is 0 Å². The van der Waals surface area contributed by atoms with E-state index >= 15 is 0 Å². The molecular weight excluding hydrogens is 442 g/mol. The van der Waals surface area contributed by atoms with Crippen molar-refractivity contribution < 1.29 is 16.8 Å². The van der Waals surface area contributed by atoms with Crippen molar-refractivity contribution in [2.45, 2.75) is 22.5 Å². The smallest absolute Gasteiger partial charge is 0.261 e. The number of nitrogens with one attached hydrogen (secondary N) is 1. The van der Waals surface area contributed by atoms with Gasteiger partial charge >= 0.3 is 0 Å². The van der Waals surface area contributed by atoms with Crippen LogP contribution in [-0.4, -0.2) is 27.0 Å². The number of nitrogens with zero attached hydrogens (tertiary/aromatic N) is 2. The molecule has 1 aromatic heterocycles. The van der Waals surface area contributed by atoms with Crippen LogP contribution < -0.4 is 4.72 Å². The molecule has 0 aliphatic carbocycles. The number of hydrogen-bond acceptors (Lipinski definition) is 7. The lowest BCUT2D eigenvalue weighted by Gasteiger charge is -2.10. The van der Waals surface area contributed by atoms with Crippen molar-refractivity contribution in [3.05, 3.63) is 76.7 Å². The lowest BCUT2D eigenvalue weighted by atomic mass is 10.1. The first-order valence-corrected chi connectivity index (χ1v) is 12.8. The molecule has 0 atom stereocenters. The summed E-state index contributed by atoms with van der Waals surface area (Å²) in [5, 5.41) is 10.5. The molecule has 10 heteroatoms. The first kappa shape index (κ1) is 20.5. The van der Waals surface area contributed by atoms with Gasteiger partial charge in [-0.05, 0) is 54.1 Å². The standard InChI is InChI=1S/C20H17N3O4S3/c1-14-21-22-20(28-14)13-29(24,25)18-10-7-17(8-11-18)23-30(26,27)19-9-6-15-4-2-3-5-16(15)12-19/h2-12,23H,13H2,1H3. The van der Waals surface area contributed by atoms with Gasteiger partial charge in [0.1, 0.15) is 15.8 Å². The number of aryl methyl sites for hydroxylation is 1. The first-order valence-electron chi connectivity index (χ1n) is 8.86. The molecule has 4 aromatic rings. The highest BCUT2D eigenvalue weighted by atomic mass is 32.2. The number of aromatic nitrogens is 2. The summed E-state index contributed by atoms with van der Waals surface area (Å²) < 4.78 is 53.0. The molecule has 0 fully saturated rings. The third-order valence-corrected chi connectivity index (χ3v) is 8.42. The minimum absolute atomic E-state index is 0.0870. The van der Waals surface area contributed by atoms with Gasteiger partial charge in [0, 0.05) is 5.69 Å². The van der Waals surface area contributed by atoms with E-state index in [9.17, 15) is 16.8 Å². The summed E-state index contributed by atoms with van der Waals surface area (Å²) in [4.78, 5) is 0.216. The van der Waals surface area contributed by atoms with E-state index in [1.165, 1.54) is 41.7 Å². The van der Waals surface area contributed by atoms with E-state index in [4.69, 9.17) is 0 Å². The molecule has 7 nitrogen and oxygen atoms in total. The molecule has 0 aliphatic rings. The lowest BCUT2D eigenvalue weighted by Crippen LogP contribution is -2.13. The molecule has 0 unspecified atom stereocenters. The Balaban J connectivity index is 1.54. The van der Waals surface area contributed by atoms with Crippen molar-refractivity contribution >= 4 is 47.7 Å². The summed E-state index contributed by atoms with van der Waals surface area (Å²) >= 11 is 1.23. The average Bonchev–Trinajstić information content (AvgIpc) is 3.11. The van der Waals surface area contributed by atoms with E-state index in [1.54, 1.807) is 19.1 Å². The van der Waals surface area contributed by atoms with E-state index in [-0.39, 0.29) is 21.2 Å². The summed E-state index contributed by atoms with van der Waals surface area (Å²) in [6, 6.07) is 18.0. The molecule has 1 N–H and O–H groups in total. The highest BCUT2D eigenvalue weighted by Crippen LogP contribution is 2.24. The molecule has 0 saturated heterocycles.